The Bertz CT molecular complexity index is 315. The number of aromatic nitrogens is 1. The van der Waals surface area contributed by atoms with Crippen molar-refractivity contribution in [2.45, 2.75) is 32.7 Å². The highest BCUT2D eigenvalue weighted by atomic mass is 16.5. The number of hydrogen-bond acceptors (Lipinski definition) is 3. The van der Waals surface area contributed by atoms with E-state index >= 15 is 0 Å². The highest BCUT2D eigenvalue weighted by Crippen LogP contribution is 2.21. The molecule has 16 heavy (non-hydrogen) atoms. The first kappa shape index (κ1) is 13.1. The third kappa shape index (κ3) is 3.58. The van der Waals surface area contributed by atoms with Crippen LogP contribution in [0.3, 0.4) is 0 Å². The van der Waals surface area contributed by atoms with Gasteiger partial charge in [-0.15, -0.1) is 0 Å². The molecule has 0 aromatic carbocycles. The van der Waals surface area contributed by atoms with Crippen LogP contribution in [0.4, 0.5) is 0 Å². The van der Waals surface area contributed by atoms with Gasteiger partial charge < -0.3 is 10.1 Å². The van der Waals surface area contributed by atoms with E-state index < -0.39 is 0 Å². The van der Waals surface area contributed by atoms with E-state index in [2.05, 4.69) is 37.1 Å². The number of rotatable bonds is 6. The summed E-state index contributed by atoms with van der Waals surface area (Å²) in [4.78, 5) is 4.19. The van der Waals surface area contributed by atoms with Crippen LogP contribution in [0, 0.1) is 6.92 Å². The summed E-state index contributed by atoms with van der Waals surface area (Å²) in [5, 5.41) is 3.46. The molecule has 0 saturated heterocycles. The van der Waals surface area contributed by atoms with Crippen molar-refractivity contribution in [2.24, 2.45) is 0 Å². The number of hydrogen-bond donors (Lipinski definition) is 1. The van der Waals surface area contributed by atoms with Gasteiger partial charge in [0.2, 0.25) is 0 Å². The average molecular weight is 222 g/mol. The smallest absolute Gasteiger partial charge is 0.0587 e. The molecule has 1 aromatic rings. The van der Waals surface area contributed by atoms with Gasteiger partial charge in [-0.2, -0.15) is 0 Å². The van der Waals surface area contributed by atoms with E-state index in [1.54, 1.807) is 7.11 Å². The normalized spacial score (nSPS) is 14.8. The summed E-state index contributed by atoms with van der Waals surface area (Å²) >= 11 is 0. The predicted molar refractivity (Wildman–Crippen MR) is 66.7 cm³/mol. The van der Waals surface area contributed by atoms with E-state index in [1.165, 1.54) is 11.1 Å². The third-order valence-corrected chi connectivity index (χ3v) is 3.09. The minimum absolute atomic E-state index is 0.429. The van der Waals surface area contributed by atoms with Crippen LogP contribution in [0.2, 0.25) is 0 Å². The fourth-order valence-corrected chi connectivity index (χ4v) is 1.79. The first-order valence-corrected chi connectivity index (χ1v) is 5.79. The van der Waals surface area contributed by atoms with Crippen molar-refractivity contribution in [3.05, 3.63) is 29.6 Å². The van der Waals surface area contributed by atoms with E-state index in [1.807, 2.05) is 12.4 Å². The molecule has 1 rings (SSSR count). The van der Waals surface area contributed by atoms with Gasteiger partial charge in [0.15, 0.2) is 0 Å². The second-order valence-corrected chi connectivity index (χ2v) is 4.26. The predicted octanol–water partition coefficient (Wildman–Crippen LogP) is 2.12. The quantitative estimate of drug-likeness (QED) is 0.749. The molecule has 1 aromatic heterocycles. The molecule has 2 unspecified atom stereocenters. The van der Waals surface area contributed by atoms with Crippen molar-refractivity contribution < 1.29 is 4.74 Å². The summed E-state index contributed by atoms with van der Waals surface area (Å²) in [6, 6.07) is 2.49. The molecule has 0 bridgehead atoms. The van der Waals surface area contributed by atoms with Gasteiger partial charge in [0.1, 0.15) is 0 Å². The molecule has 1 heterocycles. The Morgan fingerprint density at radius 2 is 2.19 bits per heavy atom. The van der Waals surface area contributed by atoms with Crippen molar-refractivity contribution in [3.8, 4) is 0 Å². The van der Waals surface area contributed by atoms with Crippen molar-refractivity contribution in [3.63, 3.8) is 0 Å². The summed E-state index contributed by atoms with van der Waals surface area (Å²) in [6.45, 7) is 8.21. The number of nitrogens with one attached hydrogen (secondary N) is 1. The Morgan fingerprint density at radius 3 is 2.81 bits per heavy atom. The molecule has 0 aliphatic rings. The third-order valence-electron chi connectivity index (χ3n) is 3.09. The summed E-state index contributed by atoms with van der Waals surface area (Å²) < 4.78 is 5.03. The van der Waals surface area contributed by atoms with Crippen LogP contribution in [0.5, 0.6) is 0 Å². The van der Waals surface area contributed by atoms with E-state index in [0.717, 1.165) is 13.2 Å². The Kier molecular flexibility index (Phi) is 5.43. The molecule has 3 nitrogen and oxygen atoms in total. The summed E-state index contributed by atoms with van der Waals surface area (Å²) in [5.41, 5.74) is 2.63. The van der Waals surface area contributed by atoms with Crippen LogP contribution < -0.4 is 5.32 Å². The number of aryl methyl sites for hydroxylation is 1. The number of pyridine rings is 1. The fourth-order valence-electron chi connectivity index (χ4n) is 1.79. The minimum atomic E-state index is 0.429. The molecule has 2 atom stereocenters. The highest BCUT2D eigenvalue weighted by molar-refractivity contribution is 5.26. The molecular weight excluding hydrogens is 200 g/mol. The van der Waals surface area contributed by atoms with Crippen molar-refractivity contribution in [1.82, 2.24) is 10.3 Å². The summed E-state index contributed by atoms with van der Waals surface area (Å²) in [7, 11) is 1.72. The SMILES string of the molecule is COCCNC(C)C(C)c1cnccc1C. The minimum Gasteiger partial charge on any atom is -0.383 e. The number of methoxy groups -OCH3 is 1. The van der Waals surface area contributed by atoms with Crippen molar-refractivity contribution in [2.75, 3.05) is 20.3 Å². The average Bonchev–Trinajstić information content (AvgIpc) is 2.29. The van der Waals surface area contributed by atoms with Gasteiger partial charge in [-0.1, -0.05) is 6.92 Å². The Balaban J connectivity index is 2.56. The van der Waals surface area contributed by atoms with Gasteiger partial charge in [-0.3, -0.25) is 4.98 Å². The number of nitrogens with zero attached hydrogens (tertiary/aromatic N) is 1. The Labute approximate surface area is 98.2 Å². The first-order chi connectivity index (χ1) is 7.66. The maximum atomic E-state index is 5.03. The van der Waals surface area contributed by atoms with E-state index in [4.69, 9.17) is 4.74 Å². The molecular formula is C13H22N2O. The van der Waals surface area contributed by atoms with Gasteiger partial charge >= 0.3 is 0 Å². The standard InChI is InChI=1S/C13H22N2O/c1-10-5-6-14-9-13(10)11(2)12(3)15-7-8-16-4/h5-6,9,11-12,15H,7-8H2,1-4H3. The van der Waals surface area contributed by atoms with Gasteiger partial charge in [0, 0.05) is 32.1 Å². The lowest BCUT2D eigenvalue weighted by atomic mass is 9.92. The van der Waals surface area contributed by atoms with Crippen LogP contribution in [0.1, 0.15) is 30.9 Å². The molecule has 3 heteroatoms. The van der Waals surface area contributed by atoms with Gasteiger partial charge in [-0.05, 0) is 37.0 Å². The van der Waals surface area contributed by atoms with Crippen molar-refractivity contribution >= 4 is 0 Å². The van der Waals surface area contributed by atoms with Crippen molar-refractivity contribution in [1.29, 1.82) is 0 Å². The maximum Gasteiger partial charge on any atom is 0.0587 e. The fraction of sp³-hybridized carbons (Fsp3) is 0.615. The molecule has 0 saturated carbocycles. The molecule has 1 N–H and O–H groups in total. The second kappa shape index (κ2) is 6.61. The van der Waals surface area contributed by atoms with Crippen LogP contribution >= 0.6 is 0 Å². The zero-order chi connectivity index (χ0) is 12.0. The van der Waals surface area contributed by atoms with Crippen LogP contribution in [-0.2, 0) is 4.74 Å². The molecule has 0 fully saturated rings. The largest absolute Gasteiger partial charge is 0.383 e. The summed E-state index contributed by atoms with van der Waals surface area (Å²) in [6.07, 6.45) is 3.81. The van der Waals surface area contributed by atoms with Gasteiger partial charge in [0.25, 0.3) is 0 Å². The Hall–Kier alpha value is -0.930. The maximum absolute atomic E-state index is 5.03. The van der Waals surface area contributed by atoms with Crippen LogP contribution in [0.25, 0.3) is 0 Å². The monoisotopic (exact) mass is 222 g/mol. The molecule has 0 spiro atoms. The first-order valence-electron chi connectivity index (χ1n) is 5.79. The molecule has 90 valence electrons. The van der Waals surface area contributed by atoms with Gasteiger partial charge in [-0.25, -0.2) is 0 Å². The molecule has 0 aliphatic heterocycles. The molecule has 0 aliphatic carbocycles. The Morgan fingerprint density at radius 1 is 1.44 bits per heavy atom. The molecule has 0 radical (unpaired) electrons. The lowest BCUT2D eigenvalue weighted by molar-refractivity contribution is 0.195. The van der Waals surface area contributed by atoms with Crippen LogP contribution in [-0.4, -0.2) is 31.3 Å². The lowest BCUT2D eigenvalue weighted by Gasteiger charge is -2.22. The van der Waals surface area contributed by atoms with E-state index in [-0.39, 0.29) is 0 Å². The highest BCUT2D eigenvalue weighted by Gasteiger charge is 2.15. The zero-order valence-corrected chi connectivity index (χ0v) is 10.7. The number of ether oxygens (including phenoxy) is 1. The second-order valence-electron chi connectivity index (χ2n) is 4.26. The topological polar surface area (TPSA) is 34.1 Å². The van der Waals surface area contributed by atoms with Gasteiger partial charge in [0.05, 0.1) is 6.61 Å². The van der Waals surface area contributed by atoms with E-state index in [9.17, 15) is 0 Å². The lowest BCUT2D eigenvalue weighted by Crippen LogP contribution is -2.33. The van der Waals surface area contributed by atoms with E-state index in [0.29, 0.717) is 12.0 Å². The molecule has 0 amide bonds. The van der Waals surface area contributed by atoms with Crippen LogP contribution in [0.15, 0.2) is 18.5 Å². The zero-order valence-electron chi connectivity index (χ0n) is 10.7. The summed E-state index contributed by atoms with van der Waals surface area (Å²) in [5.74, 6) is 0.463.